The van der Waals surface area contributed by atoms with Crippen LogP contribution in [0.3, 0.4) is 0 Å². The molecule has 0 radical (unpaired) electrons. The van der Waals surface area contributed by atoms with Crippen molar-refractivity contribution < 1.29 is 13.2 Å². The van der Waals surface area contributed by atoms with E-state index in [9.17, 15) is 13.2 Å². The zero-order valence-electron chi connectivity index (χ0n) is 16.0. The lowest BCUT2D eigenvalue weighted by molar-refractivity contribution is -0.116. The number of hydrogen-bond donors (Lipinski definition) is 2. The highest BCUT2D eigenvalue weighted by Gasteiger charge is 2.27. The monoisotopic (exact) mass is 394 g/mol. The Kier molecular flexibility index (Phi) is 6.86. The molecule has 1 unspecified atom stereocenters. The Bertz CT molecular complexity index is 747. The summed E-state index contributed by atoms with van der Waals surface area (Å²) in [5.74, 6) is -0.0858. The van der Waals surface area contributed by atoms with Crippen LogP contribution in [0.1, 0.15) is 32.1 Å². The van der Waals surface area contributed by atoms with E-state index in [2.05, 4.69) is 15.5 Å². The third-order valence-electron chi connectivity index (χ3n) is 5.39. The fourth-order valence-corrected chi connectivity index (χ4v) is 5.35. The first-order valence-electron chi connectivity index (χ1n) is 9.79. The van der Waals surface area contributed by atoms with Crippen LogP contribution in [0.5, 0.6) is 0 Å². The highest BCUT2D eigenvalue weighted by Crippen LogP contribution is 2.23. The van der Waals surface area contributed by atoms with Crippen LogP contribution < -0.4 is 10.6 Å². The molecule has 2 aliphatic rings. The van der Waals surface area contributed by atoms with E-state index in [0.29, 0.717) is 31.2 Å². The third kappa shape index (κ3) is 5.28. The summed E-state index contributed by atoms with van der Waals surface area (Å²) >= 11 is 0. The van der Waals surface area contributed by atoms with Crippen molar-refractivity contribution in [2.75, 3.05) is 45.1 Å². The number of likely N-dealkylation sites (tertiary alicyclic amines) is 1. The van der Waals surface area contributed by atoms with Crippen LogP contribution in [0, 0.1) is 0 Å². The van der Waals surface area contributed by atoms with Gasteiger partial charge in [-0.2, -0.15) is 4.31 Å². The topological polar surface area (TPSA) is 81.8 Å². The van der Waals surface area contributed by atoms with Crippen LogP contribution in [0.15, 0.2) is 29.2 Å². The van der Waals surface area contributed by atoms with Gasteiger partial charge in [-0.1, -0.05) is 6.07 Å². The molecule has 2 heterocycles. The highest BCUT2D eigenvalue weighted by molar-refractivity contribution is 7.89. The van der Waals surface area contributed by atoms with Gasteiger partial charge in [0.1, 0.15) is 0 Å². The standard InChI is InChI=1S/C19H30N4O3S/c1-20-17-7-5-10-22(15-17)13-9-19(24)21-16-6-4-8-18(14-16)27(25,26)23-11-2-3-12-23/h4,6,8,14,17,20H,2-3,5,7,9-13,15H2,1H3,(H,21,24). The Labute approximate surface area is 162 Å². The van der Waals surface area contributed by atoms with E-state index in [4.69, 9.17) is 0 Å². The number of amides is 1. The Morgan fingerprint density at radius 1 is 1.19 bits per heavy atom. The van der Waals surface area contributed by atoms with Crippen molar-refractivity contribution in [3.8, 4) is 0 Å². The Balaban J connectivity index is 1.55. The lowest BCUT2D eigenvalue weighted by atomic mass is 10.1. The number of hydrogen-bond acceptors (Lipinski definition) is 5. The smallest absolute Gasteiger partial charge is 0.243 e. The van der Waals surface area contributed by atoms with Crippen molar-refractivity contribution in [2.45, 2.75) is 43.0 Å². The summed E-state index contributed by atoms with van der Waals surface area (Å²) in [6, 6.07) is 7.06. The van der Waals surface area contributed by atoms with Gasteiger partial charge in [-0.05, 0) is 57.5 Å². The number of anilines is 1. The average molecular weight is 395 g/mol. The molecule has 2 N–H and O–H groups in total. The molecule has 7 nitrogen and oxygen atoms in total. The van der Waals surface area contributed by atoms with Gasteiger partial charge < -0.3 is 15.5 Å². The normalized spacial score (nSPS) is 22.0. The second-order valence-corrected chi connectivity index (χ2v) is 9.30. The van der Waals surface area contributed by atoms with Crippen LogP contribution in [0.4, 0.5) is 5.69 Å². The van der Waals surface area contributed by atoms with Gasteiger partial charge in [0, 0.05) is 44.3 Å². The predicted octanol–water partition coefficient (Wildman–Crippen LogP) is 1.48. The maximum absolute atomic E-state index is 12.7. The van der Waals surface area contributed by atoms with E-state index in [1.807, 2.05) is 7.05 Å². The van der Waals surface area contributed by atoms with E-state index in [1.165, 1.54) is 10.7 Å². The molecular weight excluding hydrogens is 364 g/mol. The summed E-state index contributed by atoms with van der Waals surface area (Å²) in [4.78, 5) is 14.9. The van der Waals surface area contributed by atoms with E-state index >= 15 is 0 Å². The summed E-state index contributed by atoms with van der Waals surface area (Å²) < 4.78 is 26.8. The van der Waals surface area contributed by atoms with E-state index in [0.717, 1.165) is 38.9 Å². The maximum atomic E-state index is 12.7. The lowest BCUT2D eigenvalue weighted by Gasteiger charge is -2.32. The SMILES string of the molecule is CNC1CCCN(CCC(=O)Nc2cccc(S(=O)(=O)N3CCCC3)c2)C1. The Hall–Kier alpha value is -1.48. The molecule has 1 aromatic carbocycles. The highest BCUT2D eigenvalue weighted by atomic mass is 32.2. The zero-order chi connectivity index (χ0) is 19.3. The molecular formula is C19H30N4O3S. The number of sulfonamides is 1. The molecule has 2 saturated heterocycles. The van der Waals surface area contributed by atoms with Gasteiger partial charge in [0.15, 0.2) is 0 Å². The number of carbonyl (C=O) groups excluding carboxylic acids is 1. The molecule has 2 aliphatic heterocycles. The summed E-state index contributed by atoms with van der Waals surface area (Å²) in [5.41, 5.74) is 0.534. The number of carbonyl (C=O) groups is 1. The fourth-order valence-electron chi connectivity index (χ4n) is 3.79. The maximum Gasteiger partial charge on any atom is 0.243 e. The first-order chi connectivity index (χ1) is 13.0. The molecule has 8 heteroatoms. The molecule has 0 bridgehead atoms. The minimum absolute atomic E-state index is 0.0858. The average Bonchev–Trinajstić information content (AvgIpc) is 3.22. The molecule has 27 heavy (non-hydrogen) atoms. The molecule has 0 spiro atoms. The first-order valence-corrected chi connectivity index (χ1v) is 11.2. The zero-order valence-corrected chi connectivity index (χ0v) is 16.8. The minimum Gasteiger partial charge on any atom is -0.326 e. The van der Waals surface area contributed by atoms with Crippen molar-refractivity contribution in [2.24, 2.45) is 0 Å². The van der Waals surface area contributed by atoms with Crippen molar-refractivity contribution in [1.29, 1.82) is 0 Å². The Morgan fingerprint density at radius 3 is 2.70 bits per heavy atom. The quantitative estimate of drug-likeness (QED) is 0.732. The van der Waals surface area contributed by atoms with Crippen LogP contribution in [-0.2, 0) is 14.8 Å². The molecule has 150 valence electrons. The summed E-state index contributed by atoms with van der Waals surface area (Å²) in [5, 5.41) is 6.15. The van der Waals surface area contributed by atoms with Gasteiger partial charge in [-0.3, -0.25) is 4.79 Å². The van der Waals surface area contributed by atoms with E-state index < -0.39 is 10.0 Å². The molecule has 1 atom stereocenters. The van der Waals surface area contributed by atoms with Crippen molar-refractivity contribution in [3.63, 3.8) is 0 Å². The van der Waals surface area contributed by atoms with Crippen LogP contribution in [0.2, 0.25) is 0 Å². The number of rotatable bonds is 7. The second-order valence-electron chi connectivity index (χ2n) is 7.37. The second kappa shape index (κ2) is 9.14. The number of nitrogens with zero attached hydrogens (tertiary/aromatic N) is 2. The third-order valence-corrected chi connectivity index (χ3v) is 7.28. The number of nitrogens with one attached hydrogen (secondary N) is 2. The van der Waals surface area contributed by atoms with Crippen molar-refractivity contribution >= 4 is 21.6 Å². The van der Waals surface area contributed by atoms with Crippen molar-refractivity contribution in [1.82, 2.24) is 14.5 Å². The van der Waals surface area contributed by atoms with Crippen molar-refractivity contribution in [3.05, 3.63) is 24.3 Å². The largest absolute Gasteiger partial charge is 0.326 e. The molecule has 3 rings (SSSR count). The first kappa shape index (κ1) is 20.3. The number of likely N-dealkylation sites (N-methyl/N-ethyl adjacent to an activating group) is 1. The number of piperidine rings is 1. The fraction of sp³-hybridized carbons (Fsp3) is 0.632. The predicted molar refractivity (Wildman–Crippen MR) is 106 cm³/mol. The molecule has 0 saturated carbocycles. The van der Waals surface area contributed by atoms with Gasteiger partial charge in [0.25, 0.3) is 0 Å². The van der Waals surface area contributed by atoms with Gasteiger partial charge in [0.2, 0.25) is 15.9 Å². The summed E-state index contributed by atoms with van der Waals surface area (Å²) in [6.07, 6.45) is 4.53. The summed E-state index contributed by atoms with van der Waals surface area (Å²) in [6.45, 7) is 3.85. The molecule has 1 amide bonds. The molecule has 0 aromatic heterocycles. The molecule has 2 fully saturated rings. The van der Waals surface area contributed by atoms with Gasteiger partial charge >= 0.3 is 0 Å². The van der Waals surface area contributed by atoms with Gasteiger partial charge in [-0.25, -0.2) is 8.42 Å². The summed E-state index contributed by atoms with van der Waals surface area (Å²) in [7, 11) is -1.49. The number of benzene rings is 1. The van der Waals surface area contributed by atoms with Crippen LogP contribution in [0.25, 0.3) is 0 Å². The van der Waals surface area contributed by atoms with E-state index in [1.54, 1.807) is 24.3 Å². The van der Waals surface area contributed by atoms with Gasteiger partial charge in [0.05, 0.1) is 4.90 Å². The van der Waals surface area contributed by atoms with Gasteiger partial charge in [-0.15, -0.1) is 0 Å². The molecule has 0 aliphatic carbocycles. The molecule has 1 aromatic rings. The van der Waals surface area contributed by atoms with E-state index in [-0.39, 0.29) is 10.8 Å². The Morgan fingerprint density at radius 2 is 1.96 bits per heavy atom. The minimum atomic E-state index is -3.47. The van der Waals surface area contributed by atoms with Crippen LogP contribution in [-0.4, -0.2) is 69.3 Å². The van der Waals surface area contributed by atoms with Crippen LogP contribution >= 0.6 is 0 Å². The lowest BCUT2D eigenvalue weighted by Crippen LogP contribution is -2.45.